The van der Waals surface area contributed by atoms with Gasteiger partial charge in [-0.05, 0) is 25.5 Å². The van der Waals surface area contributed by atoms with Crippen molar-refractivity contribution in [2.75, 3.05) is 19.8 Å². The zero-order chi connectivity index (χ0) is 13.3. The van der Waals surface area contributed by atoms with Gasteiger partial charge >= 0.3 is 0 Å². The van der Waals surface area contributed by atoms with Gasteiger partial charge in [0.1, 0.15) is 0 Å². The van der Waals surface area contributed by atoms with Crippen molar-refractivity contribution in [2.24, 2.45) is 0 Å². The zero-order valence-corrected chi connectivity index (χ0v) is 11.4. The summed E-state index contributed by atoms with van der Waals surface area (Å²) in [6.45, 7) is 5.41. The Hall–Kier alpha value is -1.65. The quantitative estimate of drug-likeness (QED) is 0.716. The second-order valence-corrected chi connectivity index (χ2v) is 4.36. The number of hydrogen-bond donors (Lipinski definition) is 2. The van der Waals surface area contributed by atoms with Crippen molar-refractivity contribution in [2.45, 2.75) is 19.9 Å². The standard InChI is InChI=1S/C15H21N3O/c1-2-19-10-6-9-16-11-14-12-17-18-15(14)13-7-4-3-5-8-13/h3-5,7-8,12,16H,2,6,9-11H2,1H3,(H,17,18). The number of aromatic nitrogens is 2. The van der Waals surface area contributed by atoms with Crippen molar-refractivity contribution < 1.29 is 4.74 Å². The van der Waals surface area contributed by atoms with E-state index >= 15 is 0 Å². The Kier molecular flexibility index (Phi) is 5.59. The molecule has 0 atom stereocenters. The molecule has 1 aromatic heterocycles. The third-order valence-electron chi connectivity index (χ3n) is 2.94. The topological polar surface area (TPSA) is 49.9 Å². The van der Waals surface area contributed by atoms with Crippen molar-refractivity contribution in [3.63, 3.8) is 0 Å². The van der Waals surface area contributed by atoms with Crippen molar-refractivity contribution in [1.82, 2.24) is 15.5 Å². The lowest BCUT2D eigenvalue weighted by molar-refractivity contribution is 0.144. The Labute approximate surface area is 114 Å². The Morgan fingerprint density at radius 3 is 2.89 bits per heavy atom. The SMILES string of the molecule is CCOCCCNCc1cn[nH]c1-c1ccccc1. The minimum Gasteiger partial charge on any atom is -0.382 e. The van der Waals surface area contributed by atoms with Crippen LogP contribution in [0.3, 0.4) is 0 Å². The van der Waals surface area contributed by atoms with Crippen LogP contribution in [0.4, 0.5) is 0 Å². The smallest absolute Gasteiger partial charge is 0.0695 e. The largest absolute Gasteiger partial charge is 0.382 e. The first-order valence-electron chi connectivity index (χ1n) is 6.78. The summed E-state index contributed by atoms with van der Waals surface area (Å²) < 4.78 is 5.31. The fourth-order valence-corrected chi connectivity index (χ4v) is 1.97. The van der Waals surface area contributed by atoms with Gasteiger partial charge in [-0.3, -0.25) is 5.10 Å². The first kappa shape index (κ1) is 13.8. The molecule has 0 radical (unpaired) electrons. The van der Waals surface area contributed by atoms with Crippen LogP contribution in [0.25, 0.3) is 11.3 Å². The van der Waals surface area contributed by atoms with E-state index in [0.717, 1.165) is 38.4 Å². The molecule has 0 spiro atoms. The highest BCUT2D eigenvalue weighted by molar-refractivity contribution is 5.62. The molecule has 19 heavy (non-hydrogen) atoms. The first-order chi connectivity index (χ1) is 9.42. The molecular weight excluding hydrogens is 238 g/mol. The van der Waals surface area contributed by atoms with Crippen LogP contribution in [-0.2, 0) is 11.3 Å². The van der Waals surface area contributed by atoms with Gasteiger partial charge in [-0.2, -0.15) is 5.10 Å². The Bertz CT molecular complexity index is 467. The molecule has 1 aromatic carbocycles. The van der Waals surface area contributed by atoms with Crippen molar-refractivity contribution in [1.29, 1.82) is 0 Å². The summed E-state index contributed by atoms with van der Waals surface area (Å²) in [6.07, 6.45) is 2.92. The van der Waals surface area contributed by atoms with Crippen LogP contribution in [0.5, 0.6) is 0 Å². The van der Waals surface area contributed by atoms with Crippen LogP contribution in [0.15, 0.2) is 36.5 Å². The summed E-state index contributed by atoms with van der Waals surface area (Å²) in [5.41, 5.74) is 3.46. The Morgan fingerprint density at radius 2 is 2.11 bits per heavy atom. The highest BCUT2D eigenvalue weighted by Gasteiger charge is 2.06. The van der Waals surface area contributed by atoms with Gasteiger partial charge < -0.3 is 10.1 Å². The minimum absolute atomic E-state index is 0.792. The van der Waals surface area contributed by atoms with Crippen LogP contribution in [0, 0.1) is 0 Å². The third-order valence-corrected chi connectivity index (χ3v) is 2.94. The maximum absolute atomic E-state index is 5.31. The molecule has 0 saturated carbocycles. The highest BCUT2D eigenvalue weighted by atomic mass is 16.5. The van der Waals surface area contributed by atoms with Crippen molar-refractivity contribution >= 4 is 0 Å². The maximum Gasteiger partial charge on any atom is 0.0695 e. The van der Waals surface area contributed by atoms with E-state index in [1.54, 1.807) is 0 Å². The molecule has 2 rings (SSSR count). The van der Waals surface area contributed by atoms with E-state index in [2.05, 4.69) is 27.6 Å². The van der Waals surface area contributed by atoms with Crippen molar-refractivity contribution in [3.05, 3.63) is 42.1 Å². The molecule has 1 heterocycles. The van der Waals surface area contributed by atoms with E-state index in [0.29, 0.717) is 0 Å². The van der Waals surface area contributed by atoms with E-state index in [4.69, 9.17) is 4.74 Å². The fourth-order valence-electron chi connectivity index (χ4n) is 1.97. The fraction of sp³-hybridized carbons (Fsp3) is 0.400. The van der Waals surface area contributed by atoms with E-state index < -0.39 is 0 Å². The van der Waals surface area contributed by atoms with Crippen LogP contribution in [0.1, 0.15) is 18.9 Å². The summed E-state index contributed by atoms with van der Waals surface area (Å²) in [5, 5.41) is 10.6. The monoisotopic (exact) mass is 259 g/mol. The van der Waals surface area contributed by atoms with Gasteiger partial charge in [0.25, 0.3) is 0 Å². The molecule has 0 amide bonds. The molecule has 0 fully saturated rings. The van der Waals surface area contributed by atoms with Crippen LogP contribution in [-0.4, -0.2) is 30.0 Å². The average molecular weight is 259 g/mol. The van der Waals surface area contributed by atoms with E-state index in [-0.39, 0.29) is 0 Å². The molecule has 0 aliphatic rings. The summed E-state index contributed by atoms with van der Waals surface area (Å²) in [7, 11) is 0. The zero-order valence-electron chi connectivity index (χ0n) is 11.4. The second-order valence-electron chi connectivity index (χ2n) is 4.36. The number of aromatic amines is 1. The number of rotatable bonds is 8. The van der Waals surface area contributed by atoms with Crippen LogP contribution in [0.2, 0.25) is 0 Å². The molecule has 0 aliphatic carbocycles. The normalized spacial score (nSPS) is 10.8. The van der Waals surface area contributed by atoms with E-state index in [1.165, 1.54) is 11.1 Å². The molecule has 0 aliphatic heterocycles. The van der Waals surface area contributed by atoms with Gasteiger partial charge in [-0.15, -0.1) is 0 Å². The van der Waals surface area contributed by atoms with Crippen molar-refractivity contribution in [3.8, 4) is 11.3 Å². The van der Waals surface area contributed by atoms with Gasteiger partial charge in [0.2, 0.25) is 0 Å². The maximum atomic E-state index is 5.31. The van der Waals surface area contributed by atoms with E-state index in [9.17, 15) is 0 Å². The van der Waals surface area contributed by atoms with E-state index in [1.807, 2.05) is 31.3 Å². The number of benzene rings is 1. The lowest BCUT2D eigenvalue weighted by atomic mass is 10.1. The van der Waals surface area contributed by atoms with Gasteiger partial charge in [-0.25, -0.2) is 0 Å². The van der Waals surface area contributed by atoms with Crippen LogP contribution >= 0.6 is 0 Å². The predicted octanol–water partition coefficient (Wildman–Crippen LogP) is 2.59. The van der Waals surface area contributed by atoms with Gasteiger partial charge in [0.05, 0.1) is 11.9 Å². The molecule has 4 nitrogen and oxygen atoms in total. The summed E-state index contributed by atoms with van der Waals surface area (Å²) in [5.74, 6) is 0. The molecule has 0 bridgehead atoms. The first-order valence-corrected chi connectivity index (χ1v) is 6.78. The summed E-state index contributed by atoms with van der Waals surface area (Å²) in [4.78, 5) is 0. The number of hydrogen-bond acceptors (Lipinski definition) is 3. The molecule has 2 N–H and O–H groups in total. The summed E-state index contributed by atoms with van der Waals surface area (Å²) >= 11 is 0. The molecular formula is C15H21N3O. The molecule has 102 valence electrons. The number of nitrogens with one attached hydrogen (secondary N) is 2. The number of nitrogens with zero attached hydrogens (tertiary/aromatic N) is 1. The lowest BCUT2D eigenvalue weighted by Gasteiger charge is -2.06. The second kappa shape index (κ2) is 7.71. The average Bonchev–Trinajstić information content (AvgIpc) is 2.92. The van der Waals surface area contributed by atoms with Gasteiger partial charge in [0.15, 0.2) is 0 Å². The Balaban J connectivity index is 1.83. The van der Waals surface area contributed by atoms with Gasteiger partial charge in [0, 0.05) is 25.3 Å². The summed E-state index contributed by atoms with van der Waals surface area (Å²) in [6, 6.07) is 10.3. The Morgan fingerprint density at radius 1 is 1.26 bits per heavy atom. The molecule has 4 heteroatoms. The molecule has 0 unspecified atom stereocenters. The molecule has 0 saturated heterocycles. The minimum atomic E-state index is 0.792. The van der Waals surface area contributed by atoms with Crippen LogP contribution < -0.4 is 5.32 Å². The predicted molar refractivity (Wildman–Crippen MR) is 76.8 cm³/mol. The molecule has 2 aromatic rings. The lowest BCUT2D eigenvalue weighted by Crippen LogP contribution is -2.16. The van der Waals surface area contributed by atoms with Gasteiger partial charge in [-0.1, -0.05) is 30.3 Å². The third kappa shape index (κ3) is 4.19. The number of ether oxygens (including phenoxy) is 1. The highest BCUT2D eigenvalue weighted by Crippen LogP contribution is 2.20. The number of H-pyrrole nitrogens is 1.